The Morgan fingerprint density at radius 3 is 2.35 bits per heavy atom. The van der Waals surface area contributed by atoms with Gasteiger partial charge in [-0.15, -0.1) is 0 Å². The molecule has 1 aliphatic rings. The average molecular weight is 330 g/mol. The van der Waals surface area contributed by atoms with Crippen LogP contribution in [0.2, 0.25) is 0 Å². The summed E-state index contributed by atoms with van der Waals surface area (Å²) in [6, 6.07) is 19.9. The first-order chi connectivity index (χ1) is 9.92. The summed E-state index contributed by atoms with van der Waals surface area (Å²) in [5.41, 5.74) is 3.01. The quantitative estimate of drug-likeness (QED) is 0.762. The number of benzene rings is 2. The minimum atomic E-state index is 0.539. The van der Waals surface area contributed by atoms with Crippen LogP contribution in [0.25, 0.3) is 0 Å². The molecule has 104 valence electrons. The zero-order valence-corrected chi connectivity index (χ0v) is 13.5. The number of nitrogens with zero attached hydrogens (tertiary/aromatic N) is 1. The summed E-state index contributed by atoms with van der Waals surface area (Å²) < 4.78 is 1.58. The van der Waals surface area contributed by atoms with Crippen LogP contribution < -0.4 is 4.46 Å². The molecule has 0 N–H and O–H groups in total. The molecule has 2 aromatic carbocycles. The van der Waals surface area contributed by atoms with E-state index in [1.165, 1.54) is 36.8 Å². The minimum absolute atomic E-state index is 0.539. The second kappa shape index (κ2) is 7.08. The molecular formula is C18H21NSe. The van der Waals surface area contributed by atoms with E-state index < -0.39 is 0 Å². The molecule has 0 spiro atoms. The first kappa shape index (κ1) is 13.9. The van der Waals surface area contributed by atoms with Crippen LogP contribution in [0, 0.1) is 0 Å². The molecule has 0 radical (unpaired) electrons. The SMILES string of the molecule is c1ccc(C[Se]c2ccccc2CN2CCCC2)cc1. The van der Waals surface area contributed by atoms with Gasteiger partial charge in [0, 0.05) is 0 Å². The summed E-state index contributed by atoms with van der Waals surface area (Å²) in [4.78, 5) is 2.59. The van der Waals surface area contributed by atoms with E-state index in [9.17, 15) is 0 Å². The maximum atomic E-state index is 2.59. The standard InChI is InChI=1S/C18H21NSe/c1-2-8-16(9-3-1)15-20-18-11-5-4-10-17(18)14-19-12-6-7-13-19/h1-5,8-11H,6-7,12-15H2. The van der Waals surface area contributed by atoms with Crippen LogP contribution in [0.5, 0.6) is 0 Å². The van der Waals surface area contributed by atoms with Crippen molar-refractivity contribution in [1.82, 2.24) is 4.90 Å². The molecule has 0 bridgehead atoms. The van der Waals surface area contributed by atoms with E-state index >= 15 is 0 Å². The van der Waals surface area contributed by atoms with Gasteiger partial charge in [-0.25, -0.2) is 0 Å². The summed E-state index contributed by atoms with van der Waals surface area (Å²) in [6.07, 6.45) is 2.74. The summed E-state index contributed by atoms with van der Waals surface area (Å²) >= 11 is 0.539. The van der Waals surface area contributed by atoms with Crippen molar-refractivity contribution in [1.29, 1.82) is 0 Å². The Labute approximate surface area is 128 Å². The number of hydrogen-bond acceptors (Lipinski definition) is 1. The molecule has 0 saturated carbocycles. The van der Waals surface area contributed by atoms with Crippen molar-refractivity contribution >= 4 is 19.4 Å². The second-order valence-corrected chi connectivity index (χ2v) is 7.50. The van der Waals surface area contributed by atoms with E-state index in [-0.39, 0.29) is 0 Å². The van der Waals surface area contributed by atoms with E-state index in [2.05, 4.69) is 59.5 Å². The van der Waals surface area contributed by atoms with Crippen molar-refractivity contribution in [3.63, 3.8) is 0 Å². The van der Waals surface area contributed by atoms with Crippen LogP contribution in [-0.2, 0) is 11.9 Å². The summed E-state index contributed by atoms with van der Waals surface area (Å²) in [5.74, 6) is 0. The average Bonchev–Trinajstić information content (AvgIpc) is 3.00. The van der Waals surface area contributed by atoms with Gasteiger partial charge in [0.2, 0.25) is 0 Å². The molecule has 0 unspecified atom stereocenters. The van der Waals surface area contributed by atoms with E-state index in [4.69, 9.17) is 0 Å². The molecular weight excluding hydrogens is 309 g/mol. The summed E-state index contributed by atoms with van der Waals surface area (Å²) in [5, 5.41) is 1.20. The molecule has 20 heavy (non-hydrogen) atoms. The second-order valence-electron chi connectivity index (χ2n) is 5.37. The van der Waals surface area contributed by atoms with Gasteiger partial charge >= 0.3 is 128 Å². The van der Waals surface area contributed by atoms with Crippen molar-refractivity contribution in [3.05, 3.63) is 65.7 Å². The molecule has 0 aliphatic carbocycles. The van der Waals surface area contributed by atoms with Crippen molar-refractivity contribution in [2.75, 3.05) is 13.1 Å². The first-order valence-electron chi connectivity index (χ1n) is 7.39. The number of rotatable bonds is 5. The van der Waals surface area contributed by atoms with Crippen LogP contribution in [0.4, 0.5) is 0 Å². The molecule has 2 heteroatoms. The van der Waals surface area contributed by atoms with Gasteiger partial charge in [0.05, 0.1) is 0 Å². The molecule has 1 heterocycles. The molecule has 1 saturated heterocycles. The fourth-order valence-electron chi connectivity index (χ4n) is 2.69. The predicted molar refractivity (Wildman–Crippen MR) is 86.5 cm³/mol. The van der Waals surface area contributed by atoms with Gasteiger partial charge < -0.3 is 0 Å². The van der Waals surface area contributed by atoms with E-state index in [1.807, 2.05) is 0 Å². The Hall–Kier alpha value is -1.08. The Morgan fingerprint density at radius 1 is 0.850 bits per heavy atom. The van der Waals surface area contributed by atoms with Crippen LogP contribution in [-0.4, -0.2) is 32.9 Å². The molecule has 2 aromatic rings. The third kappa shape index (κ3) is 3.73. The van der Waals surface area contributed by atoms with Crippen molar-refractivity contribution in [2.45, 2.75) is 24.7 Å². The summed E-state index contributed by atoms with van der Waals surface area (Å²) in [6.45, 7) is 3.70. The Bertz CT molecular complexity index is 532. The van der Waals surface area contributed by atoms with Crippen LogP contribution >= 0.6 is 0 Å². The Balaban J connectivity index is 1.66. The van der Waals surface area contributed by atoms with Crippen LogP contribution in [0.15, 0.2) is 54.6 Å². The number of hydrogen-bond donors (Lipinski definition) is 0. The van der Waals surface area contributed by atoms with Gasteiger partial charge in [-0.3, -0.25) is 0 Å². The molecule has 0 atom stereocenters. The van der Waals surface area contributed by atoms with Crippen molar-refractivity contribution < 1.29 is 0 Å². The monoisotopic (exact) mass is 331 g/mol. The molecule has 1 fully saturated rings. The van der Waals surface area contributed by atoms with Gasteiger partial charge in [0.15, 0.2) is 0 Å². The molecule has 1 aliphatic heterocycles. The van der Waals surface area contributed by atoms with Gasteiger partial charge in [0.25, 0.3) is 0 Å². The summed E-state index contributed by atoms with van der Waals surface area (Å²) in [7, 11) is 0. The zero-order chi connectivity index (χ0) is 13.6. The fourth-order valence-corrected chi connectivity index (χ4v) is 4.81. The van der Waals surface area contributed by atoms with E-state index in [0.29, 0.717) is 15.0 Å². The number of likely N-dealkylation sites (tertiary alicyclic amines) is 1. The van der Waals surface area contributed by atoms with Gasteiger partial charge in [0.1, 0.15) is 0 Å². The molecule has 1 nitrogen and oxygen atoms in total. The van der Waals surface area contributed by atoms with E-state index in [0.717, 1.165) is 6.54 Å². The van der Waals surface area contributed by atoms with E-state index in [1.54, 1.807) is 10.0 Å². The predicted octanol–water partition coefficient (Wildman–Crippen LogP) is 2.81. The van der Waals surface area contributed by atoms with Crippen molar-refractivity contribution in [2.24, 2.45) is 0 Å². The fraction of sp³-hybridized carbons (Fsp3) is 0.333. The van der Waals surface area contributed by atoms with Gasteiger partial charge in [-0.05, 0) is 0 Å². The van der Waals surface area contributed by atoms with Crippen molar-refractivity contribution in [3.8, 4) is 0 Å². The Kier molecular flexibility index (Phi) is 4.91. The molecule has 0 aromatic heterocycles. The van der Waals surface area contributed by atoms with Gasteiger partial charge in [-0.1, -0.05) is 0 Å². The van der Waals surface area contributed by atoms with Crippen LogP contribution in [0.3, 0.4) is 0 Å². The molecule has 3 rings (SSSR count). The van der Waals surface area contributed by atoms with Crippen LogP contribution in [0.1, 0.15) is 24.0 Å². The topological polar surface area (TPSA) is 3.24 Å². The first-order valence-corrected chi connectivity index (χ1v) is 9.45. The molecule has 0 amide bonds. The zero-order valence-electron chi connectivity index (χ0n) is 11.8. The third-order valence-corrected chi connectivity index (χ3v) is 6.29. The van der Waals surface area contributed by atoms with Gasteiger partial charge in [-0.2, -0.15) is 0 Å². The third-order valence-electron chi connectivity index (χ3n) is 3.80. The normalized spacial score (nSPS) is 15.6. The maximum absolute atomic E-state index is 2.59. The Morgan fingerprint density at radius 2 is 1.55 bits per heavy atom.